The Morgan fingerprint density at radius 1 is 1.00 bits per heavy atom. The van der Waals surface area contributed by atoms with Crippen LogP contribution in [0.5, 0.6) is 5.75 Å². The maximum atomic E-state index is 12.1. The maximum absolute atomic E-state index is 12.1. The van der Waals surface area contributed by atoms with E-state index in [9.17, 15) is 9.59 Å². The topological polar surface area (TPSA) is 88.7 Å². The molecule has 0 bridgehead atoms. The quantitative estimate of drug-likeness (QED) is 0.743. The number of ether oxygens (including phenoxy) is 2. The molecule has 2 aliphatic rings. The van der Waals surface area contributed by atoms with Crippen LogP contribution in [0.4, 0.5) is 16.2 Å². The van der Waals surface area contributed by atoms with Crippen molar-refractivity contribution in [2.75, 3.05) is 23.8 Å². The van der Waals surface area contributed by atoms with Gasteiger partial charge in [0.1, 0.15) is 18.0 Å². The molecule has 2 unspecified atom stereocenters. The van der Waals surface area contributed by atoms with Gasteiger partial charge in [0.05, 0.1) is 6.54 Å². The normalized spacial score (nSPS) is 20.1. The minimum atomic E-state index is -0.368. The van der Waals surface area contributed by atoms with Gasteiger partial charge in [0.25, 0.3) is 5.91 Å². The van der Waals surface area contributed by atoms with Crippen LogP contribution in [0.15, 0.2) is 48.5 Å². The number of amides is 3. The summed E-state index contributed by atoms with van der Waals surface area (Å²) in [6.07, 6.45) is 2.02. The van der Waals surface area contributed by atoms with E-state index in [4.69, 9.17) is 9.47 Å². The number of urea groups is 1. The number of fused-ring (bicyclic) bond motifs is 1. The summed E-state index contributed by atoms with van der Waals surface area (Å²) in [5.41, 5.74) is 2.47. The Hall–Kier alpha value is -3.06. The average Bonchev–Trinajstić information content (AvgIpc) is 3.37. The average molecular weight is 381 g/mol. The molecule has 2 aromatic carbocycles. The molecule has 7 nitrogen and oxygen atoms in total. The van der Waals surface area contributed by atoms with Crippen molar-refractivity contribution in [2.45, 2.75) is 31.5 Å². The first kappa shape index (κ1) is 18.3. The van der Waals surface area contributed by atoms with E-state index in [0.29, 0.717) is 24.5 Å². The highest BCUT2D eigenvalue weighted by Crippen LogP contribution is 2.27. The number of benzene rings is 2. The van der Waals surface area contributed by atoms with Gasteiger partial charge in [-0.1, -0.05) is 18.2 Å². The highest BCUT2D eigenvalue weighted by Gasteiger charge is 2.24. The van der Waals surface area contributed by atoms with E-state index < -0.39 is 0 Å². The second-order valence-corrected chi connectivity index (χ2v) is 6.95. The van der Waals surface area contributed by atoms with E-state index in [1.807, 2.05) is 24.3 Å². The number of anilines is 2. The van der Waals surface area contributed by atoms with Crippen molar-refractivity contribution in [3.63, 3.8) is 0 Å². The van der Waals surface area contributed by atoms with Gasteiger partial charge in [-0.15, -0.1) is 0 Å². The van der Waals surface area contributed by atoms with E-state index in [-0.39, 0.29) is 24.1 Å². The molecule has 4 rings (SSSR count). The van der Waals surface area contributed by atoms with Gasteiger partial charge in [0, 0.05) is 24.4 Å². The van der Waals surface area contributed by atoms with Crippen LogP contribution in [0.3, 0.4) is 0 Å². The molecule has 28 heavy (non-hydrogen) atoms. The summed E-state index contributed by atoms with van der Waals surface area (Å²) in [7, 11) is 0. The van der Waals surface area contributed by atoms with Gasteiger partial charge in [-0.2, -0.15) is 0 Å². The first-order valence-electron chi connectivity index (χ1n) is 9.49. The Kier molecular flexibility index (Phi) is 5.43. The lowest BCUT2D eigenvalue weighted by Crippen LogP contribution is -2.37. The molecule has 0 saturated carbocycles. The molecule has 146 valence electrons. The number of carbonyl (C=O) groups is 2. The van der Waals surface area contributed by atoms with E-state index in [2.05, 4.69) is 16.0 Å². The van der Waals surface area contributed by atoms with Crippen molar-refractivity contribution in [1.29, 1.82) is 0 Å². The van der Waals surface area contributed by atoms with Crippen LogP contribution in [0.25, 0.3) is 0 Å². The predicted octanol–water partition coefficient (Wildman–Crippen LogP) is 2.93. The number of carbonyl (C=O) groups excluding carboxylic acids is 2. The van der Waals surface area contributed by atoms with Crippen LogP contribution in [-0.4, -0.2) is 37.3 Å². The fraction of sp³-hybridized carbons (Fsp3) is 0.333. The van der Waals surface area contributed by atoms with Crippen molar-refractivity contribution < 1.29 is 19.1 Å². The molecular weight excluding hydrogens is 358 g/mol. The van der Waals surface area contributed by atoms with E-state index in [1.165, 1.54) is 0 Å². The zero-order valence-corrected chi connectivity index (χ0v) is 15.4. The molecule has 0 aliphatic carbocycles. The fourth-order valence-corrected chi connectivity index (χ4v) is 3.39. The smallest absolute Gasteiger partial charge is 0.319 e. The Balaban J connectivity index is 1.22. The van der Waals surface area contributed by atoms with Crippen molar-refractivity contribution in [1.82, 2.24) is 5.32 Å². The first-order chi connectivity index (χ1) is 13.7. The summed E-state index contributed by atoms with van der Waals surface area (Å²) >= 11 is 0. The number of hydrogen-bond donors (Lipinski definition) is 3. The minimum absolute atomic E-state index is 0.0569. The van der Waals surface area contributed by atoms with Crippen molar-refractivity contribution in [3.05, 3.63) is 54.1 Å². The van der Waals surface area contributed by atoms with Crippen LogP contribution >= 0.6 is 0 Å². The molecule has 0 aromatic heterocycles. The fourth-order valence-electron chi connectivity index (χ4n) is 3.39. The zero-order chi connectivity index (χ0) is 19.3. The molecule has 3 N–H and O–H groups in total. The Morgan fingerprint density at radius 2 is 1.75 bits per heavy atom. The van der Waals surface area contributed by atoms with Gasteiger partial charge < -0.3 is 25.4 Å². The molecular formula is C21H23N3O4. The van der Waals surface area contributed by atoms with Gasteiger partial charge >= 0.3 is 6.03 Å². The lowest BCUT2D eigenvalue weighted by Gasteiger charge is -2.13. The van der Waals surface area contributed by atoms with Crippen LogP contribution in [0.2, 0.25) is 0 Å². The number of hydrogen-bond acceptors (Lipinski definition) is 4. The van der Waals surface area contributed by atoms with E-state index >= 15 is 0 Å². The molecule has 2 atom stereocenters. The predicted molar refractivity (Wildman–Crippen MR) is 106 cm³/mol. The van der Waals surface area contributed by atoms with E-state index in [1.54, 1.807) is 24.3 Å². The molecule has 1 fully saturated rings. The van der Waals surface area contributed by atoms with Gasteiger partial charge in [-0.3, -0.25) is 4.79 Å². The second-order valence-electron chi connectivity index (χ2n) is 6.95. The third-order valence-electron chi connectivity index (χ3n) is 4.84. The Bertz CT molecular complexity index is 822. The highest BCUT2D eigenvalue weighted by molar-refractivity contribution is 5.95. The molecule has 1 saturated heterocycles. The molecule has 2 heterocycles. The third kappa shape index (κ3) is 4.43. The van der Waals surface area contributed by atoms with Crippen molar-refractivity contribution in [3.8, 4) is 5.75 Å². The van der Waals surface area contributed by atoms with Crippen molar-refractivity contribution >= 4 is 23.3 Å². The van der Waals surface area contributed by atoms with Gasteiger partial charge in [-0.25, -0.2) is 4.79 Å². The van der Waals surface area contributed by atoms with Gasteiger partial charge in [0.15, 0.2) is 0 Å². The SMILES string of the molecule is O=C(NCC1Cc2ccccc2O1)Nc1ccc(NC(=O)C2CCCO2)cc1. The molecule has 0 radical (unpaired) electrons. The Labute approximate surface area is 163 Å². The monoisotopic (exact) mass is 381 g/mol. The standard InChI is InChI=1S/C21H23N3O4/c25-20(19-6-3-11-27-19)23-15-7-9-16(10-8-15)24-21(26)22-13-17-12-14-4-1-2-5-18(14)28-17/h1-2,4-5,7-10,17,19H,3,6,11-13H2,(H,23,25)(H2,22,24,26). The zero-order valence-electron chi connectivity index (χ0n) is 15.4. The number of nitrogens with one attached hydrogen (secondary N) is 3. The summed E-state index contributed by atoms with van der Waals surface area (Å²) in [5.74, 6) is 0.754. The first-order valence-corrected chi connectivity index (χ1v) is 9.49. The number of rotatable bonds is 5. The molecule has 7 heteroatoms. The summed E-state index contributed by atoms with van der Waals surface area (Å²) < 4.78 is 11.2. The van der Waals surface area contributed by atoms with Crippen molar-refractivity contribution in [2.24, 2.45) is 0 Å². The van der Waals surface area contributed by atoms with Crippen LogP contribution in [-0.2, 0) is 16.0 Å². The summed E-state index contributed by atoms with van der Waals surface area (Å²) in [6.45, 7) is 1.06. The molecule has 3 amide bonds. The molecule has 0 spiro atoms. The maximum Gasteiger partial charge on any atom is 0.319 e. The van der Waals surface area contributed by atoms with Gasteiger partial charge in [-0.05, 0) is 48.7 Å². The minimum Gasteiger partial charge on any atom is -0.488 e. The molecule has 2 aliphatic heterocycles. The molecule has 2 aromatic rings. The van der Waals surface area contributed by atoms with Crippen LogP contribution in [0.1, 0.15) is 18.4 Å². The lowest BCUT2D eigenvalue weighted by atomic mass is 10.1. The second kappa shape index (κ2) is 8.31. The summed E-state index contributed by atoms with van der Waals surface area (Å²) in [5, 5.41) is 8.44. The van der Waals surface area contributed by atoms with Crippen LogP contribution < -0.4 is 20.7 Å². The summed E-state index contributed by atoms with van der Waals surface area (Å²) in [6, 6.07) is 14.6. The number of para-hydroxylation sites is 1. The lowest BCUT2D eigenvalue weighted by molar-refractivity contribution is -0.124. The highest BCUT2D eigenvalue weighted by atomic mass is 16.5. The Morgan fingerprint density at radius 3 is 2.46 bits per heavy atom. The van der Waals surface area contributed by atoms with E-state index in [0.717, 1.165) is 30.6 Å². The largest absolute Gasteiger partial charge is 0.488 e. The summed E-state index contributed by atoms with van der Waals surface area (Å²) in [4.78, 5) is 24.2. The third-order valence-corrected chi connectivity index (χ3v) is 4.84. The van der Waals surface area contributed by atoms with Crippen LogP contribution in [0, 0.1) is 0 Å². The van der Waals surface area contributed by atoms with Gasteiger partial charge in [0.2, 0.25) is 0 Å².